The second kappa shape index (κ2) is 13.5. The molecule has 0 aliphatic carbocycles. The van der Waals surface area contributed by atoms with Crippen molar-refractivity contribution in [1.82, 2.24) is 29.2 Å². The van der Waals surface area contributed by atoms with E-state index in [0.717, 1.165) is 59.2 Å². The van der Waals surface area contributed by atoms with Crippen LogP contribution in [0.4, 0.5) is 17.3 Å². The summed E-state index contributed by atoms with van der Waals surface area (Å²) >= 11 is 0. The van der Waals surface area contributed by atoms with Gasteiger partial charge < -0.3 is 15.5 Å². The van der Waals surface area contributed by atoms with Crippen LogP contribution in [0.25, 0.3) is 28.3 Å². The molecular formula is C38H38N8O. The lowest BCUT2D eigenvalue weighted by Crippen LogP contribution is -2.31. The van der Waals surface area contributed by atoms with Crippen molar-refractivity contribution in [2.24, 2.45) is 0 Å². The number of benzene rings is 3. The Kier molecular flexibility index (Phi) is 8.73. The van der Waals surface area contributed by atoms with Crippen LogP contribution in [0.5, 0.6) is 0 Å². The summed E-state index contributed by atoms with van der Waals surface area (Å²) in [5, 5.41) is 6.48. The van der Waals surface area contributed by atoms with Gasteiger partial charge in [0.1, 0.15) is 5.65 Å². The van der Waals surface area contributed by atoms with Crippen molar-refractivity contribution in [3.63, 3.8) is 0 Å². The predicted molar refractivity (Wildman–Crippen MR) is 188 cm³/mol. The number of nitrogens with zero attached hydrogens (tertiary/aromatic N) is 6. The molecule has 1 amide bonds. The van der Waals surface area contributed by atoms with Gasteiger partial charge in [0.25, 0.3) is 0 Å². The van der Waals surface area contributed by atoms with Crippen LogP contribution in [-0.4, -0.2) is 68.3 Å². The lowest BCUT2D eigenvalue weighted by Gasteiger charge is -2.20. The van der Waals surface area contributed by atoms with Crippen molar-refractivity contribution in [3.8, 4) is 22.6 Å². The first-order valence-electron chi connectivity index (χ1n) is 16.0. The molecule has 9 nitrogen and oxygen atoms in total. The van der Waals surface area contributed by atoms with Gasteiger partial charge >= 0.3 is 0 Å². The molecular weight excluding hydrogens is 584 g/mol. The van der Waals surface area contributed by atoms with Gasteiger partial charge in [0.15, 0.2) is 0 Å². The van der Waals surface area contributed by atoms with E-state index in [9.17, 15) is 4.79 Å². The van der Waals surface area contributed by atoms with Crippen LogP contribution >= 0.6 is 0 Å². The molecule has 1 saturated heterocycles. The monoisotopic (exact) mass is 622 g/mol. The molecule has 9 heteroatoms. The summed E-state index contributed by atoms with van der Waals surface area (Å²) in [6.07, 6.45) is 5.26. The first kappa shape index (κ1) is 30.3. The van der Waals surface area contributed by atoms with Gasteiger partial charge in [-0.05, 0) is 74.1 Å². The molecule has 0 bridgehead atoms. The van der Waals surface area contributed by atoms with Crippen molar-refractivity contribution in [2.75, 3.05) is 37.8 Å². The summed E-state index contributed by atoms with van der Waals surface area (Å²) in [6.45, 7) is 3.11. The number of aromatic nitrogens is 4. The molecule has 2 N–H and O–H groups in total. The van der Waals surface area contributed by atoms with Gasteiger partial charge in [-0.15, -0.1) is 0 Å². The number of hydrogen-bond acceptors (Lipinski definition) is 7. The molecule has 4 heterocycles. The number of carbonyl (C=O) groups excluding carboxylic acids is 1. The Balaban J connectivity index is 1.14. The molecule has 236 valence electrons. The normalized spacial score (nSPS) is 14.9. The second-order valence-electron chi connectivity index (χ2n) is 12.3. The van der Waals surface area contributed by atoms with Crippen molar-refractivity contribution in [3.05, 3.63) is 127 Å². The molecule has 3 aromatic heterocycles. The van der Waals surface area contributed by atoms with Crippen LogP contribution in [0.3, 0.4) is 0 Å². The average Bonchev–Trinajstić information content (AvgIpc) is 3.71. The minimum Gasteiger partial charge on any atom is -0.326 e. The van der Waals surface area contributed by atoms with E-state index >= 15 is 0 Å². The van der Waals surface area contributed by atoms with Gasteiger partial charge in [0, 0.05) is 55.0 Å². The molecule has 1 aliphatic heterocycles. The van der Waals surface area contributed by atoms with Crippen LogP contribution < -0.4 is 10.6 Å². The smallest absolute Gasteiger partial charge is 0.228 e. The number of nitrogens with one attached hydrogen (secondary N) is 2. The molecule has 1 unspecified atom stereocenters. The maximum atomic E-state index is 12.8. The number of fused-ring (bicyclic) bond motifs is 1. The maximum absolute atomic E-state index is 12.8. The SMILES string of the molecule is CN(C)C1CCN(Cc2cccc(Nc3nccc(-c4c(-c5cccc(NC(=O)Cc6ccccc6)c5)nc5ccccn45)n3)c2)C1. The highest BCUT2D eigenvalue weighted by molar-refractivity contribution is 5.93. The van der Waals surface area contributed by atoms with Crippen molar-refractivity contribution in [2.45, 2.75) is 25.4 Å². The third kappa shape index (κ3) is 7.06. The predicted octanol–water partition coefficient (Wildman–Crippen LogP) is 6.52. The van der Waals surface area contributed by atoms with Gasteiger partial charge in [-0.25, -0.2) is 15.0 Å². The number of hydrogen-bond donors (Lipinski definition) is 2. The summed E-state index contributed by atoms with van der Waals surface area (Å²) in [4.78, 5) is 32.2. The van der Waals surface area contributed by atoms with E-state index in [1.807, 2.05) is 95.5 Å². The number of rotatable bonds is 10. The number of imidazole rings is 1. The van der Waals surface area contributed by atoms with E-state index in [-0.39, 0.29) is 5.91 Å². The summed E-state index contributed by atoms with van der Waals surface area (Å²) < 4.78 is 2.04. The Hall–Kier alpha value is -5.38. The standard InChI is InChI=1S/C38H38N8O/c1-44(2)32-18-21-45(26-32)25-28-12-8-14-30(22-28)41-38-39-19-17-33(42-38)37-36(43-34-16-6-7-20-46(34)37)29-13-9-15-31(24-29)40-35(47)23-27-10-4-3-5-11-27/h3-17,19-20,22,24,32H,18,21,23,25-26H2,1-2H3,(H,40,47)(H,39,41,42). The molecule has 1 fully saturated rings. The average molecular weight is 623 g/mol. The van der Waals surface area contributed by atoms with Crippen molar-refractivity contribution < 1.29 is 4.79 Å². The van der Waals surface area contributed by atoms with E-state index < -0.39 is 0 Å². The highest BCUT2D eigenvalue weighted by Gasteiger charge is 2.24. The Bertz CT molecular complexity index is 2000. The Morgan fingerprint density at radius 3 is 2.53 bits per heavy atom. The Morgan fingerprint density at radius 2 is 1.68 bits per heavy atom. The first-order chi connectivity index (χ1) is 23.0. The number of anilines is 3. The highest BCUT2D eigenvalue weighted by Crippen LogP contribution is 2.33. The fourth-order valence-electron chi connectivity index (χ4n) is 6.24. The molecule has 0 saturated carbocycles. The Labute approximate surface area is 274 Å². The highest BCUT2D eigenvalue weighted by atomic mass is 16.1. The van der Waals surface area contributed by atoms with Crippen LogP contribution in [0, 0.1) is 0 Å². The fraction of sp³-hybridized carbons (Fsp3) is 0.211. The third-order valence-corrected chi connectivity index (χ3v) is 8.62. The van der Waals surface area contributed by atoms with Crippen LogP contribution in [0.1, 0.15) is 17.5 Å². The molecule has 3 aromatic carbocycles. The van der Waals surface area contributed by atoms with E-state index in [4.69, 9.17) is 9.97 Å². The van der Waals surface area contributed by atoms with E-state index in [2.05, 4.69) is 57.7 Å². The third-order valence-electron chi connectivity index (χ3n) is 8.62. The van der Waals surface area contributed by atoms with Crippen LogP contribution in [0.2, 0.25) is 0 Å². The maximum Gasteiger partial charge on any atom is 0.228 e. The lowest BCUT2D eigenvalue weighted by molar-refractivity contribution is -0.115. The van der Waals surface area contributed by atoms with Crippen molar-refractivity contribution >= 4 is 28.9 Å². The summed E-state index contributed by atoms with van der Waals surface area (Å²) in [5.41, 5.74) is 7.90. The van der Waals surface area contributed by atoms with Gasteiger partial charge in [0.2, 0.25) is 11.9 Å². The largest absolute Gasteiger partial charge is 0.326 e. The number of carbonyl (C=O) groups is 1. The first-order valence-corrected chi connectivity index (χ1v) is 16.0. The number of amides is 1. The minimum absolute atomic E-state index is 0.0719. The molecule has 47 heavy (non-hydrogen) atoms. The number of likely N-dealkylation sites (N-methyl/N-ethyl adjacent to an activating group) is 1. The minimum atomic E-state index is -0.0719. The van der Waals surface area contributed by atoms with E-state index in [1.165, 1.54) is 12.0 Å². The zero-order valence-corrected chi connectivity index (χ0v) is 26.7. The van der Waals surface area contributed by atoms with Gasteiger partial charge in [-0.2, -0.15) is 0 Å². The number of likely N-dealkylation sites (tertiary alicyclic amines) is 1. The van der Waals surface area contributed by atoms with Gasteiger partial charge in [-0.3, -0.25) is 14.1 Å². The lowest BCUT2D eigenvalue weighted by atomic mass is 10.1. The molecule has 1 atom stereocenters. The molecule has 0 radical (unpaired) electrons. The van der Waals surface area contributed by atoms with Crippen molar-refractivity contribution in [1.29, 1.82) is 0 Å². The second-order valence-corrected chi connectivity index (χ2v) is 12.3. The summed E-state index contributed by atoms with van der Waals surface area (Å²) in [7, 11) is 4.32. The zero-order chi connectivity index (χ0) is 32.2. The van der Waals surface area contributed by atoms with Crippen LogP contribution in [-0.2, 0) is 17.8 Å². The van der Waals surface area contributed by atoms with Crippen LogP contribution in [0.15, 0.2) is 116 Å². The zero-order valence-electron chi connectivity index (χ0n) is 26.7. The number of pyridine rings is 1. The fourth-order valence-corrected chi connectivity index (χ4v) is 6.24. The Morgan fingerprint density at radius 1 is 0.872 bits per heavy atom. The quantitative estimate of drug-likeness (QED) is 0.180. The van der Waals surface area contributed by atoms with E-state index in [1.54, 1.807) is 6.20 Å². The van der Waals surface area contributed by atoms with E-state index in [0.29, 0.717) is 24.1 Å². The topological polar surface area (TPSA) is 90.7 Å². The molecule has 0 spiro atoms. The molecule has 7 rings (SSSR count). The van der Waals surface area contributed by atoms with Gasteiger partial charge in [-0.1, -0.05) is 60.7 Å². The molecule has 1 aliphatic rings. The molecule has 6 aromatic rings. The van der Waals surface area contributed by atoms with Gasteiger partial charge in [0.05, 0.1) is 23.5 Å². The summed E-state index contributed by atoms with van der Waals surface area (Å²) in [6, 6.07) is 34.4. The summed E-state index contributed by atoms with van der Waals surface area (Å²) in [5.74, 6) is 0.435.